The number of hydrogen-bond acceptors (Lipinski definition) is 3. The molecule has 1 fully saturated rings. The number of amides is 1. The van der Waals surface area contributed by atoms with Crippen molar-refractivity contribution in [1.29, 1.82) is 0 Å². The van der Waals surface area contributed by atoms with Crippen LogP contribution in [0.25, 0.3) is 0 Å². The monoisotopic (exact) mass is 298 g/mol. The molecule has 1 amide bonds. The van der Waals surface area contributed by atoms with Gasteiger partial charge in [0.15, 0.2) is 0 Å². The van der Waals surface area contributed by atoms with Gasteiger partial charge in [-0.2, -0.15) is 0 Å². The molecule has 112 valence electrons. The maximum atomic E-state index is 11.9. The second-order valence-corrected chi connectivity index (χ2v) is 5.38. The Bertz CT molecular complexity index is 432. The standard InChI is InChI=1S/C15H22N2O2.ClH/c1-10-3-5-12(6-4-10)14(18)9-17-15(19)11(2)13-7-16-8-13;/h3-6,11,13-14,16,18H,7-9H2,1-2H3,(H,17,19);1H. The summed E-state index contributed by atoms with van der Waals surface area (Å²) in [5, 5.41) is 16.0. The molecule has 0 spiro atoms. The minimum Gasteiger partial charge on any atom is -0.387 e. The number of carbonyl (C=O) groups excluding carboxylic acids is 1. The number of rotatable bonds is 5. The number of hydrogen-bond donors (Lipinski definition) is 3. The van der Waals surface area contributed by atoms with E-state index < -0.39 is 6.10 Å². The first kappa shape index (κ1) is 17.0. The lowest BCUT2D eigenvalue weighted by molar-refractivity contribution is -0.127. The summed E-state index contributed by atoms with van der Waals surface area (Å²) in [5.41, 5.74) is 2.00. The van der Waals surface area contributed by atoms with E-state index >= 15 is 0 Å². The summed E-state index contributed by atoms with van der Waals surface area (Å²) >= 11 is 0. The molecule has 0 bridgehead atoms. The van der Waals surface area contributed by atoms with Gasteiger partial charge in [0.2, 0.25) is 5.91 Å². The predicted molar refractivity (Wildman–Crippen MR) is 81.9 cm³/mol. The van der Waals surface area contributed by atoms with Crippen LogP contribution in [-0.4, -0.2) is 30.6 Å². The Labute approximate surface area is 126 Å². The summed E-state index contributed by atoms with van der Waals surface area (Å²) in [6.45, 7) is 6.04. The van der Waals surface area contributed by atoms with Gasteiger partial charge in [-0.05, 0) is 31.5 Å². The van der Waals surface area contributed by atoms with E-state index in [1.54, 1.807) is 0 Å². The fourth-order valence-corrected chi connectivity index (χ4v) is 2.14. The van der Waals surface area contributed by atoms with Gasteiger partial charge in [0.1, 0.15) is 0 Å². The van der Waals surface area contributed by atoms with Crippen molar-refractivity contribution >= 4 is 18.3 Å². The average Bonchev–Trinajstić information content (AvgIpc) is 2.34. The largest absolute Gasteiger partial charge is 0.387 e. The van der Waals surface area contributed by atoms with E-state index in [0.717, 1.165) is 24.2 Å². The topological polar surface area (TPSA) is 61.4 Å². The molecule has 1 heterocycles. The van der Waals surface area contributed by atoms with Crippen molar-refractivity contribution in [1.82, 2.24) is 10.6 Å². The Morgan fingerprint density at radius 3 is 2.50 bits per heavy atom. The van der Waals surface area contributed by atoms with Gasteiger partial charge in [-0.3, -0.25) is 4.79 Å². The second-order valence-electron chi connectivity index (χ2n) is 5.38. The van der Waals surface area contributed by atoms with Crippen molar-refractivity contribution in [3.63, 3.8) is 0 Å². The van der Waals surface area contributed by atoms with Gasteiger partial charge in [0, 0.05) is 12.5 Å². The molecule has 3 N–H and O–H groups in total. The smallest absolute Gasteiger partial charge is 0.223 e. The Balaban J connectivity index is 0.00000200. The number of benzene rings is 1. The van der Waals surface area contributed by atoms with Crippen LogP contribution in [0.1, 0.15) is 24.2 Å². The van der Waals surface area contributed by atoms with Crippen LogP contribution in [0.5, 0.6) is 0 Å². The summed E-state index contributed by atoms with van der Waals surface area (Å²) in [5.74, 6) is 0.459. The summed E-state index contributed by atoms with van der Waals surface area (Å²) < 4.78 is 0. The number of carbonyl (C=O) groups is 1. The molecular weight excluding hydrogens is 276 g/mol. The molecule has 1 aliphatic rings. The fourth-order valence-electron chi connectivity index (χ4n) is 2.14. The molecule has 1 aromatic carbocycles. The number of aryl methyl sites for hydroxylation is 1. The van der Waals surface area contributed by atoms with Crippen molar-refractivity contribution in [3.8, 4) is 0 Å². The van der Waals surface area contributed by atoms with Gasteiger partial charge in [-0.15, -0.1) is 12.4 Å². The second kappa shape index (κ2) is 7.62. The third-order valence-electron chi connectivity index (χ3n) is 3.87. The predicted octanol–water partition coefficient (Wildman–Crippen LogP) is 1.42. The number of aliphatic hydroxyl groups is 1. The molecule has 2 unspecified atom stereocenters. The normalized spacial score (nSPS) is 17.6. The third kappa shape index (κ3) is 4.20. The van der Waals surface area contributed by atoms with E-state index in [2.05, 4.69) is 10.6 Å². The van der Waals surface area contributed by atoms with Gasteiger partial charge in [-0.1, -0.05) is 36.8 Å². The summed E-state index contributed by atoms with van der Waals surface area (Å²) in [6.07, 6.45) is -0.642. The first-order chi connectivity index (χ1) is 9.08. The maximum Gasteiger partial charge on any atom is 0.223 e. The van der Waals surface area contributed by atoms with Crippen LogP contribution in [0.4, 0.5) is 0 Å². The lowest BCUT2D eigenvalue weighted by Crippen LogP contribution is -2.50. The van der Waals surface area contributed by atoms with E-state index in [1.165, 1.54) is 0 Å². The zero-order valence-electron chi connectivity index (χ0n) is 11.9. The molecule has 4 nitrogen and oxygen atoms in total. The summed E-state index contributed by atoms with van der Waals surface area (Å²) in [4.78, 5) is 11.9. The van der Waals surface area contributed by atoms with Crippen LogP contribution in [-0.2, 0) is 4.79 Å². The molecule has 2 rings (SSSR count). The van der Waals surface area contributed by atoms with Gasteiger partial charge in [0.05, 0.1) is 6.10 Å². The van der Waals surface area contributed by atoms with Crippen LogP contribution in [0, 0.1) is 18.8 Å². The lowest BCUT2D eigenvalue weighted by Gasteiger charge is -2.31. The molecule has 0 aliphatic carbocycles. The van der Waals surface area contributed by atoms with Crippen molar-refractivity contribution in [3.05, 3.63) is 35.4 Å². The minimum atomic E-state index is -0.642. The van der Waals surface area contributed by atoms with E-state index in [4.69, 9.17) is 0 Å². The highest BCUT2D eigenvalue weighted by Gasteiger charge is 2.28. The molecule has 1 aromatic rings. The van der Waals surface area contributed by atoms with Crippen molar-refractivity contribution in [2.45, 2.75) is 20.0 Å². The zero-order valence-corrected chi connectivity index (χ0v) is 12.7. The lowest BCUT2D eigenvalue weighted by atomic mass is 9.88. The van der Waals surface area contributed by atoms with Crippen LogP contribution < -0.4 is 10.6 Å². The molecule has 0 aromatic heterocycles. The Morgan fingerprint density at radius 1 is 1.40 bits per heavy atom. The highest BCUT2D eigenvalue weighted by atomic mass is 35.5. The quantitative estimate of drug-likeness (QED) is 0.770. The maximum absolute atomic E-state index is 11.9. The molecular formula is C15H23ClN2O2. The third-order valence-corrected chi connectivity index (χ3v) is 3.87. The Morgan fingerprint density at radius 2 is 2.00 bits per heavy atom. The van der Waals surface area contributed by atoms with Gasteiger partial charge in [-0.25, -0.2) is 0 Å². The van der Waals surface area contributed by atoms with E-state index in [-0.39, 0.29) is 30.8 Å². The van der Waals surface area contributed by atoms with Gasteiger partial charge < -0.3 is 15.7 Å². The fraction of sp³-hybridized carbons (Fsp3) is 0.533. The molecule has 2 atom stereocenters. The molecule has 1 saturated heterocycles. The van der Waals surface area contributed by atoms with Gasteiger partial charge in [0.25, 0.3) is 0 Å². The summed E-state index contributed by atoms with van der Waals surface area (Å²) in [6, 6.07) is 7.71. The van der Waals surface area contributed by atoms with Crippen molar-refractivity contribution in [2.75, 3.05) is 19.6 Å². The Hall–Kier alpha value is -1.10. The van der Waals surface area contributed by atoms with Gasteiger partial charge >= 0.3 is 0 Å². The van der Waals surface area contributed by atoms with E-state index in [0.29, 0.717) is 5.92 Å². The van der Waals surface area contributed by atoms with Crippen LogP contribution in [0.3, 0.4) is 0 Å². The van der Waals surface area contributed by atoms with E-state index in [9.17, 15) is 9.90 Å². The van der Waals surface area contributed by atoms with Crippen LogP contribution in [0.15, 0.2) is 24.3 Å². The highest BCUT2D eigenvalue weighted by molar-refractivity contribution is 5.85. The summed E-state index contributed by atoms with van der Waals surface area (Å²) in [7, 11) is 0. The minimum absolute atomic E-state index is 0. The molecule has 0 radical (unpaired) electrons. The van der Waals surface area contributed by atoms with Crippen LogP contribution in [0.2, 0.25) is 0 Å². The number of halogens is 1. The molecule has 20 heavy (non-hydrogen) atoms. The number of aliphatic hydroxyl groups excluding tert-OH is 1. The SMILES string of the molecule is Cc1ccc(C(O)CNC(=O)C(C)C2CNC2)cc1.Cl. The zero-order chi connectivity index (χ0) is 13.8. The average molecular weight is 299 g/mol. The van der Waals surface area contributed by atoms with Crippen molar-refractivity contribution in [2.24, 2.45) is 11.8 Å². The van der Waals surface area contributed by atoms with Crippen LogP contribution >= 0.6 is 12.4 Å². The number of nitrogens with one attached hydrogen (secondary N) is 2. The molecule has 5 heteroatoms. The Kier molecular flexibility index (Phi) is 6.46. The van der Waals surface area contributed by atoms with Crippen molar-refractivity contribution < 1.29 is 9.90 Å². The molecule has 0 saturated carbocycles. The highest BCUT2D eigenvalue weighted by Crippen LogP contribution is 2.17. The molecule has 1 aliphatic heterocycles. The first-order valence-corrected chi connectivity index (χ1v) is 6.81. The first-order valence-electron chi connectivity index (χ1n) is 6.81. The van der Waals surface area contributed by atoms with E-state index in [1.807, 2.05) is 38.1 Å².